The molecule has 4 aliphatic carbocycles. The van der Waals surface area contributed by atoms with E-state index in [4.69, 9.17) is 4.74 Å². The Morgan fingerprint density at radius 3 is 2.26 bits per heavy atom. The highest BCUT2D eigenvalue weighted by molar-refractivity contribution is 5.85. The van der Waals surface area contributed by atoms with Gasteiger partial charge in [0.05, 0.1) is 6.54 Å². The van der Waals surface area contributed by atoms with E-state index in [1.54, 1.807) is 12.4 Å². The number of amides is 2. The van der Waals surface area contributed by atoms with Crippen LogP contribution in [0.15, 0.2) is 48.8 Å². The highest BCUT2D eigenvalue weighted by Gasteiger charge is 2.51. The molecule has 0 radical (unpaired) electrons. The van der Waals surface area contributed by atoms with E-state index in [-0.39, 0.29) is 23.8 Å². The SMILES string of the molecule is O=C(CC12CC3CC(CC(C3)C1)C2)NCC(=O)N1CCN(Cc2ccccc2OCc2ccncc2)CC1. The summed E-state index contributed by atoms with van der Waals surface area (Å²) in [6.07, 6.45) is 12.0. The van der Waals surface area contributed by atoms with Crippen LogP contribution in [0.2, 0.25) is 0 Å². The van der Waals surface area contributed by atoms with Gasteiger partial charge in [0, 0.05) is 57.1 Å². The third kappa shape index (κ3) is 5.88. The Balaban J connectivity index is 0.940. The van der Waals surface area contributed by atoms with Crippen molar-refractivity contribution >= 4 is 11.8 Å². The molecule has 4 saturated carbocycles. The molecule has 1 saturated heterocycles. The number of carbonyl (C=O) groups is 2. The van der Waals surface area contributed by atoms with Crippen molar-refractivity contribution in [3.63, 3.8) is 0 Å². The van der Waals surface area contributed by atoms with Gasteiger partial charge in [0.25, 0.3) is 0 Å². The zero-order valence-electron chi connectivity index (χ0n) is 22.3. The van der Waals surface area contributed by atoms with Gasteiger partial charge < -0.3 is 15.0 Å². The van der Waals surface area contributed by atoms with Crippen LogP contribution in [0.4, 0.5) is 0 Å². The summed E-state index contributed by atoms with van der Waals surface area (Å²) in [6, 6.07) is 12.1. The van der Waals surface area contributed by atoms with Gasteiger partial charge in [-0.05, 0) is 85.5 Å². The maximum Gasteiger partial charge on any atom is 0.242 e. The predicted molar refractivity (Wildman–Crippen MR) is 145 cm³/mol. The van der Waals surface area contributed by atoms with Crippen LogP contribution >= 0.6 is 0 Å². The number of ether oxygens (including phenoxy) is 1. The average Bonchev–Trinajstić information content (AvgIpc) is 2.91. The minimum atomic E-state index is 0.0320. The summed E-state index contributed by atoms with van der Waals surface area (Å²) in [6.45, 7) is 4.41. The monoisotopic (exact) mass is 516 g/mol. The molecule has 202 valence electrons. The first-order valence-electron chi connectivity index (χ1n) is 14.4. The highest BCUT2D eigenvalue weighted by Crippen LogP contribution is 2.61. The predicted octanol–water partition coefficient (Wildman–Crippen LogP) is 4.03. The number of nitrogens with one attached hydrogen (secondary N) is 1. The molecule has 1 N–H and O–H groups in total. The lowest BCUT2D eigenvalue weighted by Crippen LogP contribution is -2.51. The molecular formula is C31H40N4O3. The molecule has 0 spiro atoms. The Morgan fingerprint density at radius 1 is 0.921 bits per heavy atom. The topological polar surface area (TPSA) is 74.8 Å². The lowest BCUT2D eigenvalue weighted by molar-refractivity contribution is -0.136. The van der Waals surface area contributed by atoms with Crippen molar-refractivity contribution in [1.29, 1.82) is 0 Å². The molecule has 1 aromatic carbocycles. The molecular weight excluding hydrogens is 476 g/mol. The van der Waals surface area contributed by atoms with E-state index >= 15 is 0 Å². The van der Waals surface area contributed by atoms with Crippen molar-refractivity contribution in [3.8, 4) is 5.75 Å². The van der Waals surface area contributed by atoms with Gasteiger partial charge in [-0.25, -0.2) is 0 Å². The van der Waals surface area contributed by atoms with Gasteiger partial charge in [0.15, 0.2) is 0 Å². The Hall–Kier alpha value is -2.93. The first-order chi connectivity index (χ1) is 18.5. The quantitative estimate of drug-likeness (QED) is 0.545. The molecule has 0 unspecified atom stereocenters. The molecule has 7 nitrogen and oxygen atoms in total. The molecule has 2 amide bonds. The molecule has 1 aromatic heterocycles. The van der Waals surface area contributed by atoms with Gasteiger partial charge in [-0.15, -0.1) is 0 Å². The van der Waals surface area contributed by atoms with E-state index in [9.17, 15) is 9.59 Å². The smallest absolute Gasteiger partial charge is 0.242 e. The van der Waals surface area contributed by atoms with Gasteiger partial charge in [-0.2, -0.15) is 0 Å². The van der Waals surface area contributed by atoms with E-state index in [1.165, 1.54) is 38.5 Å². The summed E-state index contributed by atoms with van der Waals surface area (Å²) >= 11 is 0. The van der Waals surface area contributed by atoms with E-state index in [0.29, 0.717) is 26.1 Å². The number of hydrogen-bond donors (Lipinski definition) is 1. The lowest BCUT2D eigenvalue weighted by Gasteiger charge is -2.56. The molecule has 5 fully saturated rings. The summed E-state index contributed by atoms with van der Waals surface area (Å²) in [5.41, 5.74) is 2.46. The molecule has 1 aliphatic heterocycles. The fraction of sp³-hybridized carbons (Fsp3) is 0.581. The third-order valence-corrected chi connectivity index (χ3v) is 9.37. The Morgan fingerprint density at radius 2 is 1.58 bits per heavy atom. The number of aromatic nitrogens is 1. The van der Waals surface area contributed by atoms with Crippen molar-refractivity contribution in [3.05, 3.63) is 59.9 Å². The number of hydrogen-bond acceptors (Lipinski definition) is 5. The zero-order valence-corrected chi connectivity index (χ0v) is 22.3. The number of piperazine rings is 1. The van der Waals surface area contributed by atoms with Crippen LogP contribution in [0.5, 0.6) is 5.75 Å². The molecule has 2 aromatic rings. The summed E-state index contributed by atoms with van der Waals surface area (Å²) in [5.74, 6) is 3.52. The first kappa shape index (κ1) is 25.4. The number of carbonyl (C=O) groups excluding carboxylic acids is 2. The van der Waals surface area contributed by atoms with Gasteiger partial charge in [0.2, 0.25) is 11.8 Å². The summed E-state index contributed by atoms with van der Waals surface area (Å²) in [4.78, 5) is 34.0. The summed E-state index contributed by atoms with van der Waals surface area (Å²) < 4.78 is 6.11. The number of nitrogens with zero attached hydrogens (tertiary/aromatic N) is 3. The second-order valence-electron chi connectivity index (χ2n) is 12.3. The first-order valence-corrected chi connectivity index (χ1v) is 14.4. The molecule has 7 rings (SSSR count). The maximum absolute atomic E-state index is 12.9. The Kier molecular flexibility index (Phi) is 7.37. The molecule has 38 heavy (non-hydrogen) atoms. The number of rotatable bonds is 9. The molecule has 7 heteroatoms. The summed E-state index contributed by atoms with van der Waals surface area (Å²) in [7, 11) is 0. The lowest BCUT2D eigenvalue weighted by atomic mass is 9.49. The number of pyridine rings is 1. The molecule has 4 bridgehead atoms. The van der Waals surface area contributed by atoms with Crippen LogP contribution in [0, 0.1) is 23.2 Å². The van der Waals surface area contributed by atoms with Crippen LogP contribution in [-0.4, -0.2) is 59.3 Å². The second-order valence-corrected chi connectivity index (χ2v) is 12.3. The van der Waals surface area contributed by atoms with Crippen LogP contribution in [0.3, 0.4) is 0 Å². The van der Waals surface area contributed by atoms with E-state index in [0.717, 1.165) is 54.3 Å². The highest BCUT2D eigenvalue weighted by atomic mass is 16.5. The van der Waals surface area contributed by atoms with Crippen LogP contribution in [0.1, 0.15) is 56.1 Å². The number of benzene rings is 1. The van der Waals surface area contributed by atoms with E-state index in [2.05, 4.69) is 21.3 Å². The van der Waals surface area contributed by atoms with Crippen molar-refractivity contribution in [2.75, 3.05) is 32.7 Å². The molecule has 2 heterocycles. The van der Waals surface area contributed by atoms with Crippen molar-refractivity contribution in [2.24, 2.45) is 23.2 Å². The van der Waals surface area contributed by atoms with Gasteiger partial charge in [-0.1, -0.05) is 18.2 Å². The fourth-order valence-electron chi connectivity index (χ4n) is 8.01. The molecule has 0 atom stereocenters. The van der Waals surface area contributed by atoms with Crippen molar-refractivity contribution in [1.82, 2.24) is 20.1 Å². The maximum atomic E-state index is 12.9. The zero-order chi connectivity index (χ0) is 26.0. The average molecular weight is 517 g/mol. The van der Waals surface area contributed by atoms with Crippen LogP contribution in [-0.2, 0) is 22.7 Å². The van der Waals surface area contributed by atoms with Crippen LogP contribution in [0.25, 0.3) is 0 Å². The normalized spacial score (nSPS) is 28.3. The van der Waals surface area contributed by atoms with Gasteiger partial charge in [-0.3, -0.25) is 19.5 Å². The van der Waals surface area contributed by atoms with Gasteiger partial charge in [0.1, 0.15) is 12.4 Å². The standard InChI is InChI=1S/C31H40N4O3/c36-29(19-31-16-24-13-25(17-31)15-26(14-24)18-31)33-20-30(37)35-11-9-34(10-12-35)21-27-3-1-2-4-28(27)38-22-23-5-7-32-8-6-23/h1-8,24-26H,9-22H2,(H,33,36). The van der Waals surface area contributed by atoms with Gasteiger partial charge >= 0.3 is 0 Å². The number of para-hydroxylation sites is 1. The van der Waals surface area contributed by atoms with Crippen LogP contribution < -0.4 is 10.1 Å². The van der Waals surface area contributed by atoms with Crippen molar-refractivity contribution in [2.45, 2.75) is 58.1 Å². The molecule has 5 aliphatic rings. The van der Waals surface area contributed by atoms with E-state index in [1.807, 2.05) is 35.2 Å². The van der Waals surface area contributed by atoms with E-state index < -0.39 is 0 Å². The minimum absolute atomic E-state index is 0.0320. The second kappa shape index (κ2) is 11.0. The Bertz CT molecular complexity index is 1090. The summed E-state index contributed by atoms with van der Waals surface area (Å²) in [5, 5.41) is 2.98. The largest absolute Gasteiger partial charge is 0.489 e. The third-order valence-electron chi connectivity index (χ3n) is 9.37. The minimum Gasteiger partial charge on any atom is -0.489 e. The van der Waals surface area contributed by atoms with Crippen molar-refractivity contribution < 1.29 is 14.3 Å². The Labute approximate surface area is 225 Å². The fourth-order valence-corrected chi connectivity index (χ4v) is 8.01.